The molecule has 0 amide bonds. The highest BCUT2D eigenvalue weighted by molar-refractivity contribution is 6.27. The number of halogens is 2. The van der Waals surface area contributed by atoms with Crippen LogP contribution in [0, 0.1) is 0 Å². The summed E-state index contributed by atoms with van der Waals surface area (Å²) in [5.74, 6) is -2.85. The summed E-state index contributed by atoms with van der Waals surface area (Å²) in [6.45, 7) is 0. The van der Waals surface area contributed by atoms with Crippen molar-refractivity contribution >= 4 is 17.6 Å². The molecule has 0 aromatic rings. The first-order valence-corrected chi connectivity index (χ1v) is 4.19. The lowest BCUT2D eigenvalue weighted by molar-refractivity contribution is -0.132. The predicted molar refractivity (Wildman–Crippen MR) is 52.9 cm³/mol. The molecule has 0 fully saturated rings. The lowest BCUT2D eigenvalue weighted by Gasteiger charge is -2.03. The third kappa shape index (κ3) is 4.03. The Labute approximate surface area is 91.2 Å². The summed E-state index contributed by atoms with van der Waals surface area (Å²) in [6.07, 6.45) is 2.28. The second-order valence-electron chi connectivity index (χ2n) is 2.25. The molecule has 0 saturated heterocycles. The van der Waals surface area contributed by atoms with Crippen molar-refractivity contribution in [1.82, 2.24) is 0 Å². The van der Waals surface area contributed by atoms with Gasteiger partial charge in [0.1, 0.15) is 5.57 Å². The van der Waals surface area contributed by atoms with Crippen molar-refractivity contribution in [3.63, 3.8) is 0 Å². The summed E-state index contributed by atoms with van der Waals surface area (Å²) in [6, 6.07) is 0. The summed E-state index contributed by atoms with van der Waals surface area (Å²) in [4.78, 5) is 10.5. The molecule has 6 heteroatoms. The number of hydrogen-bond acceptors (Lipinski definition) is 3. The fourth-order valence-electron chi connectivity index (χ4n) is 0.682. The van der Waals surface area contributed by atoms with Gasteiger partial charge in [-0.15, -0.1) is 0 Å². The maximum Gasteiger partial charge on any atom is 0.339 e. The van der Waals surface area contributed by atoms with Crippen molar-refractivity contribution in [2.24, 2.45) is 0 Å². The average molecular weight is 237 g/mol. The molecule has 0 spiro atoms. The molecule has 0 aromatic carbocycles. The molecule has 84 valence electrons. The number of hydrogen-bond donors (Lipinski definition) is 1. The van der Waals surface area contributed by atoms with Crippen LogP contribution in [0.5, 0.6) is 0 Å². The molecule has 0 aliphatic heterocycles. The molecule has 0 saturated carbocycles. The first-order valence-electron chi connectivity index (χ1n) is 3.75. The van der Waals surface area contributed by atoms with Gasteiger partial charge in [-0.3, -0.25) is 0 Å². The Morgan fingerprint density at radius 3 is 2.40 bits per heavy atom. The largest absolute Gasteiger partial charge is 0.504 e. The highest BCUT2D eigenvalue weighted by Crippen LogP contribution is 2.19. The van der Waals surface area contributed by atoms with Crippen LogP contribution in [-0.4, -0.2) is 25.3 Å². The predicted octanol–water partition coefficient (Wildman–Crippen LogP) is 2.18. The van der Waals surface area contributed by atoms with E-state index in [0.29, 0.717) is 5.54 Å². The molecule has 0 radical (unpaired) electrons. The molecule has 0 rings (SSSR count). The average Bonchev–Trinajstić information content (AvgIpc) is 2.19. The van der Waals surface area contributed by atoms with Gasteiger partial charge in [0.05, 0.1) is 20.5 Å². The molecule has 1 N–H and O–H groups in total. The van der Waals surface area contributed by atoms with Crippen LogP contribution in [0.4, 0.5) is 4.39 Å². The van der Waals surface area contributed by atoms with Crippen molar-refractivity contribution in [2.75, 3.05) is 14.2 Å². The smallest absolute Gasteiger partial charge is 0.339 e. The summed E-state index contributed by atoms with van der Waals surface area (Å²) < 4.78 is 22.6. The lowest BCUT2D eigenvalue weighted by Crippen LogP contribution is -2.03. The zero-order chi connectivity index (χ0) is 11.8. The Kier molecular flexibility index (Phi) is 6.21. The number of carboxylic acids is 1. The number of methoxy groups -OCH3 is 2. The van der Waals surface area contributed by atoms with Crippen LogP contribution in [0.25, 0.3) is 0 Å². The van der Waals surface area contributed by atoms with Crippen molar-refractivity contribution in [3.8, 4) is 0 Å². The van der Waals surface area contributed by atoms with E-state index in [1.165, 1.54) is 14.2 Å². The van der Waals surface area contributed by atoms with E-state index in [4.69, 9.17) is 16.7 Å². The zero-order valence-corrected chi connectivity index (χ0v) is 8.92. The summed E-state index contributed by atoms with van der Waals surface area (Å²) in [5.41, 5.74) is -0.0635. The quantitative estimate of drug-likeness (QED) is 0.452. The molecule has 0 aliphatic carbocycles. The topological polar surface area (TPSA) is 55.8 Å². The highest BCUT2D eigenvalue weighted by Gasteiger charge is 2.17. The zero-order valence-electron chi connectivity index (χ0n) is 8.16. The van der Waals surface area contributed by atoms with Gasteiger partial charge in [0.2, 0.25) is 0 Å². The van der Waals surface area contributed by atoms with Gasteiger partial charge in [-0.2, -0.15) is 0 Å². The number of ether oxygens (including phenoxy) is 2. The van der Waals surface area contributed by atoms with E-state index in [1.807, 2.05) is 0 Å². The first kappa shape index (κ1) is 13.5. The molecule has 15 heavy (non-hydrogen) atoms. The summed E-state index contributed by atoms with van der Waals surface area (Å²) >= 11 is 5.16. The Morgan fingerprint density at radius 2 is 2.07 bits per heavy atom. The van der Waals surface area contributed by atoms with Gasteiger partial charge in [0.25, 0.3) is 0 Å². The van der Waals surface area contributed by atoms with Crippen LogP contribution in [0.3, 0.4) is 0 Å². The minimum atomic E-state index is -1.48. The number of rotatable bonds is 5. The Hall–Kier alpha value is -1.49. The Balaban J connectivity index is 5.18. The standard InChI is InChI=1S/C9H10ClFO4/c1-14-4-3-7(15-2)8(11)6(5-10)9(12)13/h3-5H,1-2H3,(H,12,13)/b4-3+,6-5-,8-7-. The third-order valence-electron chi connectivity index (χ3n) is 1.37. The molecule has 0 aromatic heterocycles. The molecule has 0 atom stereocenters. The number of allylic oxidation sites excluding steroid dienone is 1. The van der Waals surface area contributed by atoms with Crippen molar-refractivity contribution in [3.05, 3.63) is 35.0 Å². The van der Waals surface area contributed by atoms with E-state index in [0.717, 1.165) is 12.3 Å². The van der Waals surface area contributed by atoms with Gasteiger partial charge in [-0.25, -0.2) is 9.18 Å². The minimum absolute atomic E-state index is 0.286. The molecular formula is C9H10ClFO4. The van der Waals surface area contributed by atoms with Crippen molar-refractivity contribution in [1.29, 1.82) is 0 Å². The lowest BCUT2D eigenvalue weighted by atomic mass is 10.2. The van der Waals surface area contributed by atoms with Gasteiger partial charge in [-0.1, -0.05) is 11.6 Å². The van der Waals surface area contributed by atoms with Gasteiger partial charge in [-0.05, 0) is 0 Å². The van der Waals surface area contributed by atoms with Crippen LogP contribution < -0.4 is 0 Å². The van der Waals surface area contributed by atoms with E-state index in [2.05, 4.69) is 9.47 Å². The maximum atomic E-state index is 13.4. The Bertz CT molecular complexity index is 320. The molecule has 4 nitrogen and oxygen atoms in total. The van der Waals surface area contributed by atoms with E-state index in [9.17, 15) is 9.18 Å². The second kappa shape index (κ2) is 6.89. The highest BCUT2D eigenvalue weighted by atomic mass is 35.5. The monoisotopic (exact) mass is 236 g/mol. The van der Waals surface area contributed by atoms with Gasteiger partial charge >= 0.3 is 5.97 Å². The van der Waals surface area contributed by atoms with Gasteiger partial charge in [0, 0.05) is 11.6 Å². The van der Waals surface area contributed by atoms with Crippen LogP contribution >= 0.6 is 11.6 Å². The number of carboxylic acid groups (broad SMARTS) is 1. The fourth-order valence-corrected chi connectivity index (χ4v) is 0.871. The normalized spacial score (nSPS) is 13.7. The van der Waals surface area contributed by atoms with Crippen molar-refractivity contribution in [2.45, 2.75) is 0 Å². The number of carbonyl (C=O) groups is 1. The van der Waals surface area contributed by atoms with Crippen LogP contribution in [0.2, 0.25) is 0 Å². The van der Waals surface area contributed by atoms with E-state index < -0.39 is 17.4 Å². The maximum absolute atomic E-state index is 13.4. The van der Waals surface area contributed by atoms with Crippen LogP contribution in [0.15, 0.2) is 35.0 Å². The third-order valence-corrected chi connectivity index (χ3v) is 1.59. The molecule has 0 heterocycles. The van der Waals surface area contributed by atoms with Gasteiger partial charge in [0.15, 0.2) is 11.6 Å². The molecule has 0 bridgehead atoms. The SMILES string of the molecule is CO/C=C/C(OC)=C(F)\C(=C\Cl)C(=O)O. The fraction of sp³-hybridized carbons (Fsp3) is 0.222. The van der Waals surface area contributed by atoms with E-state index >= 15 is 0 Å². The molecule has 0 unspecified atom stereocenters. The Morgan fingerprint density at radius 1 is 1.47 bits per heavy atom. The van der Waals surface area contributed by atoms with Crippen molar-refractivity contribution < 1.29 is 23.8 Å². The van der Waals surface area contributed by atoms with Crippen LogP contribution in [0.1, 0.15) is 0 Å². The summed E-state index contributed by atoms with van der Waals surface area (Å²) in [5, 5.41) is 8.58. The molecular weight excluding hydrogens is 227 g/mol. The molecule has 0 aliphatic rings. The van der Waals surface area contributed by atoms with E-state index in [-0.39, 0.29) is 5.76 Å². The first-order chi connectivity index (χ1) is 7.08. The number of aliphatic carboxylic acids is 1. The second-order valence-corrected chi connectivity index (χ2v) is 2.47. The minimum Gasteiger partial charge on any atom is -0.504 e. The van der Waals surface area contributed by atoms with Crippen LogP contribution in [-0.2, 0) is 14.3 Å². The van der Waals surface area contributed by atoms with E-state index in [1.54, 1.807) is 0 Å². The van der Waals surface area contributed by atoms with Gasteiger partial charge < -0.3 is 14.6 Å². The summed E-state index contributed by atoms with van der Waals surface area (Å²) in [7, 11) is 2.56.